The lowest BCUT2D eigenvalue weighted by Crippen LogP contribution is -2.57. The van der Waals surface area contributed by atoms with Crippen molar-refractivity contribution in [2.45, 2.75) is 56.6 Å². The first-order chi connectivity index (χ1) is 14.2. The van der Waals surface area contributed by atoms with Crippen molar-refractivity contribution in [3.8, 4) is 0 Å². The van der Waals surface area contributed by atoms with Crippen LogP contribution in [0.4, 0.5) is 0 Å². The van der Waals surface area contributed by atoms with E-state index < -0.39 is 6.10 Å². The van der Waals surface area contributed by atoms with Gasteiger partial charge in [0.2, 0.25) is 5.91 Å². The van der Waals surface area contributed by atoms with E-state index in [1.54, 1.807) is 0 Å². The highest BCUT2D eigenvalue weighted by atomic mass is 16.3. The van der Waals surface area contributed by atoms with Crippen molar-refractivity contribution in [2.75, 3.05) is 26.2 Å². The maximum atomic E-state index is 13.6. The molecule has 5 rings (SSSR count). The normalized spacial score (nSPS) is 27.1. The summed E-state index contributed by atoms with van der Waals surface area (Å²) in [6.45, 7) is 3.20. The first-order valence-electron chi connectivity index (χ1n) is 11.2. The Morgan fingerprint density at radius 2 is 1.79 bits per heavy atom. The van der Waals surface area contributed by atoms with Crippen LogP contribution >= 0.6 is 0 Å². The minimum Gasteiger partial charge on any atom is -0.391 e. The van der Waals surface area contributed by atoms with Crippen LogP contribution in [0.5, 0.6) is 0 Å². The third-order valence-corrected chi connectivity index (χ3v) is 7.36. The Morgan fingerprint density at radius 3 is 2.59 bits per heavy atom. The van der Waals surface area contributed by atoms with Crippen LogP contribution in [0.15, 0.2) is 36.4 Å². The van der Waals surface area contributed by atoms with Gasteiger partial charge < -0.3 is 10.0 Å². The molecule has 29 heavy (non-hydrogen) atoms. The van der Waals surface area contributed by atoms with Crippen molar-refractivity contribution in [1.82, 2.24) is 14.8 Å². The van der Waals surface area contributed by atoms with Crippen molar-refractivity contribution in [1.29, 1.82) is 0 Å². The molecule has 154 valence electrons. The number of aliphatic hydroxyl groups is 1. The predicted octanol–water partition coefficient (Wildman–Crippen LogP) is 3.01. The van der Waals surface area contributed by atoms with Gasteiger partial charge in [-0.2, -0.15) is 0 Å². The highest BCUT2D eigenvalue weighted by Gasteiger charge is 2.50. The number of carbonyl (C=O) groups excluding carboxylic acids is 1. The number of aromatic nitrogens is 1. The number of aliphatic hydroxyl groups excluding tert-OH is 1. The van der Waals surface area contributed by atoms with E-state index in [1.807, 2.05) is 23.1 Å². The summed E-state index contributed by atoms with van der Waals surface area (Å²) >= 11 is 0. The number of carbonyl (C=O) groups is 1. The largest absolute Gasteiger partial charge is 0.391 e. The summed E-state index contributed by atoms with van der Waals surface area (Å²) in [6, 6.07) is 12.3. The van der Waals surface area contributed by atoms with Crippen LogP contribution < -0.4 is 0 Å². The molecule has 2 saturated heterocycles. The zero-order valence-electron chi connectivity index (χ0n) is 17.1. The van der Waals surface area contributed by atoms with Crippen LogP contribution in [0.2, 0.25) is 0 Å². The number of fused-ring (bicyclic) bond motifs is 1. The summed E-state index contributed by atoms with van der Waals surface area (Å²) < 4.78 is 0. The lowest BCUT2D eigenvalue weighted by atomic mass is 9.93. The highest BCUT2D eigenvalue weighted by Crippen LogP contribution is 2.40. The van der Waals surface area contributed by atoms with Crippen LogP contribution in [-0.4, -0.2) is 63.6 Å². The number of para-hydroxylation sites is 1. The fourth-order valence-corrected chi connectivity index (χ4v) is 5.78. The third-order valence-electron chi connectivity index (χ3n) is 7.36. The molecular formula is C24H31N3O2. The minimum absolute atomic E-state index is 0.0599. The molecule has 1 aliphatic carbocycles. The Balaban J connectivity index is 1.31. The van der Waals surface area contributed by atoms with Gasteiger partial charge in [-0.3, -0.25) is 14.7 Å². The average molecular weight is 394 g/mol. The van der Waals surface area contributed by atoms with Crippen molar-refractivity contribution < 1.29 is 9.90 Å². The fraction of sp³-hybridized carbons (Fsp3) is 0.583. The topological polar surface area (TPSA) is 56.7 Å². The molecule has 1 N–H and O–H groups in total. The first-order valence-corrected chi connectivity index (χ1v) is 11.2. The molecule has 1 saturated carbocycles. The fourth-order valence-electron chi connectivity index (χ4n) is 5.78. The quantitative estimate of drug-likeness (QED) is 0.868. The Labute approximate surface area is 172 Å². The SMILES string of the molecule is O=C(N1CC(O)C(Cc2ccc3ccccc3n2)C1)C1(N2CCCC2)CCCC1. The highest BCUT2D eigenvalue weighted by molar-refractivity contribution is 5.87. The van der Waals surface area contributed by atoms with E-state index in [0.29, 0.717) is 19.5 Å². The number of β-amino-alcohol motifs (C(OH)–C–C–N with tert-alkyl or cyclic N) is 1. The smallest absolute Gasteiger partial charge is 0.243 e. The minimum atomic E-state index is -0.468. The second-order valence-corrected chi connectivity index (χ2v) is 9.17. The zero-order valence-corrected chi connectivity index (χ0v) is 17.1. The standard InChI is InChI=1S/C24H31N3O2/c28-22-17-26(23(29)24(11-3-4-12-24)27-13-5-6-14-27)16-19(22)15-20-10-9-18-7-1-2-8-21(18)25-20/h1-2,7-10,19,22,28H,3-6,11-17H2. The molecule has 2 aliphatic heterocycles. The second-order valence-electron chi connectivity index (χ2n) is 9.17. The number of amides is 1. The van der Waals surface area contributed by atoms with E-state index >= 15 is 0 Å². The zero-order chi connectivity index (χ0) is 19.8. The van der Waals surface area contributed by atoms with E-state index in [9.17, 15) is 9.90 Å². The van der Waals surface area contributed by atoms with Gasteiger partial charge in [0.15, 0.2) is 0 Å². The number of nitrogens with zero attached hydrogens (tertiary/aromatic N) is 3. The molecule has 2 atom stereocenters. The second kappa shape index (κ2) is 7.69. The lowest BCUT2D eigenvalue weighted by molar-refractivity contribution is -0.143. The summed E-state index contributed by atoms with van der Waals surface area (Å²) in [4.78, 5) is 22.8. The molecule has 3 heterocycles. The molecule has 3 aliphatic rings. The molecule has 2 unspecified atom stereocenters. The number of pyridine rings is 1. The molecule has 1 aromatic heterocycles. The van der Waals surface area contributed by atoms with Gasteiger partial charge in [-0.15, -0.1) is 0 Å². The van der Waals surface area contributed by atoms with Crippen molar-refractivity contribution in [3.63, 3.8) is 0 Å². The number of hydrogen-bond acceptors (Lipinski definition) is 4. The van der Waals surface area contributed by atoms with E-state index in [-0.39, 0.29) is 17.4 Å². The van der Waals surface area contributed by atoms with Gasteiger partial charge in [0.1, 0.15) is 5.54 Å². The molecule has 0 radical (unpaired) electrons. The maximum absolute atomic E-state index is 13.6. The summed E-state index contributed by atoms with van der Waals surface area (Å²) in [5.74, 6) is 0.328. The molecule has 5 heteroatoms. The van der Waals surface area contributed by atoms with E-state index in [2.05, 4.69) is 23.1 Å². The van der Waals surface area contributed by atoms with Gasteiger partial charge >= 0.3 is 0 Å². The van der Waals surface area contributed by atoms with Crippen LogP contribution in [-0.2, 0) is 11.2 Å². The van der Waals surface area contributed by atoms with Crippen molar-refractivity contribution in [2.24, 2.45) is 5.92 Å². The van der Waals surface area contributed by atoms with Gasteiger partial charge in [0.05, 0.1) is 11.6 Å². The summed E-state index contributed by atoms with van der Waals surface area (Å²) in [6.07, 6.45) is 6.90. The molecule has 2 aromatic rings. The Bertz CT molecular complexity index is 887. The molecule has 0 bridgehead atoms. The molecule has 5 nitrogen and oxygen atoms in total. The number of rotatable bonds is 4. The van der Waals surface area contributed by atoms with Gasteiger partial charge in [0.25, 0.3) is 0 Å². The first kappa shape index (κ1) is 19.0. The average Bonchev–Trinajstić information content (AvgIpc) is 3.49. The van der Waals surface area contributed by atoms with Gasteiger partial charge in [-0.05, 0) is 57.3 Å². The molecule has 3 fully saturated rings. The van der Waals surface area contributed by atoms with Crippen molar-refractivity contribution in [3.05, 3.63) is 42.1 Å². The van der Waals surface area contributed by atoms with Crippen LogP contribution in [0.1, 0.15) is 44.2 Å². The monoisotopic (exact) mass is 393 g/mol. The summed E-state index contributed by atoms with van der Waals surface area (Å²) in [5.41, 5.74) is 1.69. The Hall–Kier alpha value is -1.98. The van der Waals surface area contributed by atoms with Crippen molar-refractivity contribution >= 4 is 16.8 Å². The molecular weight excluding hydrogens is 362 g/mol. The van der Waals surface area contributed by atoms with Gasteiger partial charge in [0, 0.05) is 30.1 Å². The predicted molar refractivity (Wildman–Crippen MR) is 114 cm³/mol. The number of hydrogen-bond donors (Lipinski definition) is 1. The maximum Gasteiger partial charge on any atom is 0.243 e. The number of likely N-dealkylation sites (tertiary alicyclic amines) is 2. The van der Waals surface area contributed by atoms with Crippen LogP contribution in [0, 0.1) is 5.92 Å². The van der Waals surface area contributed by atoms with Gasteiger partial charge in [-0.1, -0.05) is 37.1 Å². The number of benzene rings is 1. The Morgan fingerprint density at radius 1 is 1.03 bits per heavy atom. The third kappa shape index (κ3) is 3.44. The van der Waals surface area contributed by atoms with E-state index in [4.69, 9.17) is 4.98 Å². The van der Waals surface area contributed by atoms with Gasteiger partial charge in [-0.25, -0.2) is 0 Å². The molecule has 1 aromatic carbocycles. The molecule has 1 amide bonds. The summed E-state index contributed by atoms with van der Waals surface area (Å²) in [7, 11) is 0. The summed E-state index contributed by atoms with van der Waals surface area (Å²) in [5, 5.41) is 11.9. The van der Waals surface area contributed by atoms with Crippen LogP contribution in [0.3, 0.4) is 0 Å². The lowest BCUT2D eigenvalue weighted by Gasteiger charge is -2.40. The van der Waals surface area contributed by atoms with Crippen LogP contribution in [0.25, 0.3) is 10.9 Å². The van der Waals surface area contributed by atoms with E-state index in [0.717, 1.165) is 55.4 Å². The van der Waals surface area contributed by atoms with E-state index in [1.165, 1.54) is 12.8 Å². The molecule has 0 spiro atoms. The Kier molecular flexibility index (Phi) is 5.04.